The molecular formula is C20H16BrClF2N4O3S2. The Balaban J connectivity index is 1.57. The van der Waals surface area contributed by atoms with Gasteiger partial charge in [0.25, 0.3) is 10.2 Å². The Morgan fingerprint density at radius 1 is 1.27 bits per heavy atom. The summed E-state index contributed by atoms with van der Waals surface area (Å²) < 4.78 is 56.4. The number of benzene rings is 2. The number of anilines is 1. The number of amides is 1. The van der Waals surface area contributed by atoms with Crippen molar-refractivity contribution in [2.24, 2.45) is 0 Å². The van der Waals surface area contributed by atoms with E-state index in [1.807, 2.05) is 0 Å². The van der Waals surface area contributed by atoms with Crippen LogP contribution >= 0.6 is 38.9 Å². The molecule has 0 aliphatic carbocycles. The van der Waals surface area contributed by atoms with E-state index in [1.54, 1.807) is 12.1 Å². The molecule has 1 saturated heterocycles. The van der Waals surface area contributed by atoms with Gasteiger partial charge in [-0.15, -0.1) is 11.3 Å². The summed E-state index contributed by atoms with van der Waals surface area (Å²) in [6.07, 6.45) is 1.63. The van der Waals surface area contributed by atoms with Crippen LogP contribution in [0.2, 0.25) is 5.02 Å². The third kappa shape index (κ3) is 5.10. The number of carbonyl (C=O) groups is 1. The number of rotatable bonds is 4. The fourth-order valence-corrected chi connectivity index (χ4v) is 6.04. The largest absolute Gasteiger partial charge is 0.325 e. The van der Waals surface area contributed by atoms with Gasteiger partial charge in [-0.1, -0.05) is 17.7 Å². The van der Waals surface area contributed by atoms with E-state index < -0.39 is 39.8 Å². The first-order valence-electron chi connectivity index (χ1n) is 9.47. The molecule has 1 aliphatic heterocycles. The molecule has 3 aromatic rings. The summed E-state index contributed by atoms with van der Waals surface area (Å²) in [5.74, 6) is -1.66. The molecule has 7 nitrogen and oxygen atoms in total. The summed E-state index contributed by atoms with van der Waals surface area (Å²) in [5.41, 5.74) is 0.832. The van der Waals surface area contributed by atoms with Gasteiger partial charge in [0.1, 0.15) is 22.7 Å². The van der Waals surface area contributed by atoms with E-state index in [-0.39, 0.29) is 17.1 Å². The highest BCUT2D eigenvalue weighted by atomic mass is 79.9. The van der Waals surface area contributed by atoms with Gasteiger partial charge in [0.05, 0.1) is 20.4 Å². The van der Waals surface area contributed by atoms with Crippen molar-refractivity contribution in [3.8, 4) is 10.4 Å². The molecule has 2 N–H and O–H groups in total. The van der Waals surface area contributed by atoms with Crippen LogP contribution in [0, 0.1) is 11.6 Å². The Hall–Kier alpha value is -1.96. The van der Waals surface area contributed by atoms with Crippen LogP contribution in [0.5, 0.6) is 0 Å². The molecule has 174 valence electrons. The van der Waals surface area contributed by atoms with Gasteiger partial charge in [0.2, 0.25) is 5.91 Å². The molecule has 0 spiro atoms. The lowest BCUT2D eigenvalue weighted by atomic mass is 10.1. The van der Waals surface area contributed by atoms with Crippen LogP contribution in [-0.2, 0) is 15.0 Å². The minimum Gasteiger partial charge on any atom is -0.325 e. The second-order valence-electron chi connectivity index (χ2n) is 7.25. The zero-order valence-electron chi connectivity index (χ0n) is 16.9. The second-order valence-corrected chi connectivity index (χ2v) is 11.3. The Morgan fingerprint density at radius 2 is 2.03 bits per heavy atom. The predicted molar refractivity (Wildman–Crippen MR) is 126 cm³/mol. The van der Waals surface area contributed by atoms with Gasteiger partial charge in [-0.2, -0.15) is 17.4 Å². The highest BCUT2D eigenvalue weighted by molar-refractivity contribution is 9.10. The Kier molecular flexibility index (Phi) is 6.85. The number of nitrogens with zero attached hydrogens (tertiary/aromatic N) is 2. The van der Waals surface area contributed by atoms with Crippen LogP contribution in [0.25, 0.3) is 10.4 Å². The second kappa shape index (κ2) is 9.35. The lowest BCUT2D eigenvalue weighted by molar-refractivity contribution is -0.120. The molecular weight excluding hydrogens is 562 g/mol. The maximum absolute atomic E-state index is 13.9. The SMILES string of the molecule is CN1C(C(=O)Nc2ccc(F)c(Cl)c2)CC(c2ncc(-c3ccc(Br)c(F)c3)s2)NS1(=O)=O. The van der Waals surface area contributed by atoms with Crippen molar-refractivity contribution in [1.29, 1.82) is 0 Å². The van der Waals surface area contributed by atoms with Crippen LogP contribution < -0.4 is 10.0 Å². The van der Waals surface area contributed by atoms with Crippen molar-refractivity contribution in [1.82, 2.24) is 14.0 Å². The molecule has 33 heavy (non-hydrogen) atoms. The monoisotopic (exact) mass is 576 g/mol. The minimum atomic E-state index is -3.99. The summed E-state index contributed by atoms with van der Waals surface area (Å²) in [6.45, 7) is 0. The first kappa shape index (κ1) is 24.2. The molecule has 0 bridgehead atoms. The third-order valence-corrected chi connectivity index (χ3v) is 8.77. The highest BCUT2D eigenvalue weighted by Gasteiger charge is 2.41. The van der Waals surface area contributed by atoms with E-state index in [1.165, 1.54) is 42.8 Å². The first-order valence-corrected chi connectivity index (χ1v) is 12.9. The van der Waals surface area contributed by atoms with Crippen molar-refractivity contribution >= 4 is 60.7 Å². The lowest BCUT2D eigenvalue weighted by Gasteiger charge is -2.35. The summed E-state index contributed by atoms with van der Waals surface area (Å²) >= 11 is 10.1. The highest BCUT2D eigenvalue weighted by Crippen LogP contribution is 2.35. The van der Waals surface area contributed by atoms with Crippen molar-refractivity contribution in [3.63, 3.8) is 0 Å². The fourth-order valence-electron chi connectivity index (χ4n) is 3.30. The summed E-state index contributed by atoms with van der Waals surface area (Å²) in [7, 11) is -2.70. The van der Waals surface area contributed by atoms with Crippen molar-refractivity contribution in [2.75, 3.05) is 12.4 Å². The maximum Gasteiger partial charge on any atom is 0.280 e. The number of carbonyl (C=O) groups excluding carboxylic acids is 1. The van der Waals surface area contributed by atoms with E-state index in [4.69, 9.17) is 11.6 Å². The molecule has 2 heterocycles. The van der Waals surface area contributed by atoms with Gasteiger partial charge >= 0.3 is 0 Å². The van der Waals surface area contributed by atoms with E-state index in [0.717, 1.165) is 10.4 Å². The average molecular weight is 578 g/mol. The molecule has 1 fully saturated rings. The molecule has 4 rings (SSSR count). The van der Waals surface area contributed by atoms with E-state index in [0.29, 0.717) is 19.9 Å². The Labute approximate surface area is 206 Å². The molecule has 2 aromatic carbocycles. The number of nitrogens with one attached hydrogen (secondary N) is 2. The van der Waals surface area contributed by atoms with Gasteiger partial charge in [0, 0.05) is 18.9 Å². The van der Waals surface area contributed by atoms with Crippen LogP contribution in [0.3, 0.4) is 0 Å². The van der Waals surface area contributed by atoms with Gasteiger partial charge < -0.3 is 5.32 Å². The summed E-state index contributed by atoms with van der Waals surface area (Å²) in [4.78, 5) is 17.8. The third-order valence-electron chi connectivity index (χ3n) is 5.08. The molecule has 1 aliphatic rings. The van der Waals surface area contributed by atoms with Crippen LogP contribution in [-0.4, -0.2) is 36.7 Å². The van der Waals surface area contributed by atoms with Gasteiger partial charge in [0.15, 0.2) is 0 Å². The lowest BCUT2D eigenvalue weighted by Crippen LogP contribution is -2.55. The van der Waals surface area contributed by atoms with Crippen LogP contribution in [0.4, 0.5) is 14.5 Å². The molecule has 0 saturated carbocycles. The zero-order valence-corrected chi connectivity index (χ0v) is 20.8. The number of hydrogen-bond donors (Lipinski definition) is 2. The van der Waals surface area contributed by atoms with Crippen molar-refractivity contribution in [3.05, 3.63) is 68.7 Å². The number of halogens is 4. The molecule has 1 aromatic heterocycles. The van der Waals surface area contributed by atoms with Crippen molar-refractivity contribution in [2.45, 2.75) is 18.5 Å². The van der Waals surface area contributed by atoms with E-state index in [9.17, 15) is 22.0 Å². The minimum absolute atomic E-state index is 0.0954. The Morgan fingerprint density at radius 3 is 2.73 bits per heavy atom. The number of likely N-dealkylation sites (N-methyl/N-ethyl adjacent to an activating group) is 1. The smallest absolute Gasteiger partial charge is 0.280 e. The quantitative estimate of drug-likeness (QED) is 0.469. The van der Waals surface area contributed by atoms with Crippen molar-refractivity contribution < 1.29 is 22.0 Å². The molecule has 1 amide bonds. The van der Waals surface area contributed by atoms with Gasteiger partial charge in [-0.25, -0.2) is 13.8 Å². The predicted octanol–water partition coefficient (Wildman–Crippen LogP) is 4.72. The molecule has 13 heteroatoms. The maximum atomic E-state index is 13.9. The van der Waals surface area contributed by atoms with Crippen LogP contribution in [0.15, 0.2) is 47.1 Å². The number of aromatic nitrogens is 1. The molecule has 2 unspecified atom stereocenters. The van der Waals surface area contributed by atoms with Crippen LogP contribution in [0.1, 0.15) is 17.5 Å². The van der Waals surface area contributed by atoms with E-state index >= 15 is 0 Å². The molecule has 2 atom stereocenters. The average Bonchev–Trinajstić information content (AvgIpc) is 3.25. The fraction of sp³-hybridized carbons (Fsp3) is 0.200. The normalized spacial score (nSPS) is 20.5. The van der Waals surface area contributed by atoms with Gasteiger partial charge in [-0.05, 0) is 58.2 Å². The topological polar surface area (TPSA) is 91.4 Å². The standard InChI is InChI=1S/C20H16BrClF2N4O3S2/c1-28-17(19(29)26-11-3-5-14(23)13(22)7-11)8-16(27-33(28,30)31)20-25-9-18(32-20)10-2-4-12(21)15(24)6-10/h2-7,9,16-17,27H,8H2,1H3,(H,26,29). The van der Waals surface area contributed by atoms with E-state index in [2.05, 4.69) is 31.0 Å². The number of hydrogen-bond acceptors (Lipinski definition) is 5. The Bertz CT molecular complexity index is 1340. The first-order chi connectivity index (χ1) is 15.5. The summed E-state index contributed by atoms with van der Waals surface area (Å²) in [6, 6.07) is 6.50. The number of thiazole rings is 1. The molecule has 0 radical (unpaired) electrons. The van der Waals surface area contributed by atoms with Gasteiger partial charge in [-0.3, -0.25) is 4.79 Å². The summed E-state index contributed by atoms with van der Waals surface area (Å²) in [5, 5.41) is 2.84. The zero-order chi connectivity index (χ0) is 23.9.